The van der Waals surface area contributed by atoms with Gasteiger partial charge in [0.1, 0.15) is 17.1 Å². The molecule has 0 spiro atoms. The number of aliphatic hydroxyl groups excluding tert-OH is 1. The first-order chi connectivity index (χ1) is 15.9. The van der Waals surface area contributed by atoms with E-state index in [9.17, 15) is 14.7 Å². The van der Waals surface area contributed by atoms with Gasteiger partial charge in [-0.15, -0.1) is 11.6 Å². The van der Waals surface area contributed by atoms with E-state index in [0.29, 0.717) is 46.4 Å². The number of rotatable bonds is 5. The quantitative estimate of drug-likeness (QED) is 0.440. The molecule has 3 heterocycles. The number of aromatic amines is 1. The molecule has 2 aliphatic rings. The van der Waals surface area contributed by atoms with Gasteiger partial charge in [0.05, 0.1) is 7.11 Å². The van der Waals surface area contributed by atoms with Gasteiger partial charge in [0.25, 0.3) is 5.91 Å². The lowest BCUT2D eigenvalue weighted by atomic mass is 9.82. The number of hydrogen-bond acceptors (Lipinski definition) is 6. The highest BCUT2D eigenvalue weighted by molar-refractivity contribution is 6.18. The molecule has 1 aliphatic carbocycles. The molecule has 9 heteroatoms. The van der Waals surface area contributed by atoms with E-state index in [1.807, 2.05) is 18.2 Å². The minimum atomic E-state index is -1.16. The third kappa shape index (κ3) is 3.51. The van der Waals surface area contributed by atoms with E-state index in [2.05, 4.69) is 9.97 Å². The molecule has 33 heavy (non-hydrogen) atoms. The fourth-order valence-electron chi connectivity index (χ4n) is 4.69. The predicted octanol–water partition coefficient (Wildman–Crippen LogP) is 3.38. The van der Waals surface area contributed by atoms with Crippen molar-refractivity contribution in [2.45, 2.75) is 12.2 Å². The summed E-state index contributed by atoms with van der Waals surface area (Å²) in [5.74, 6) is 0.0496. The van der Waals surface area contributed by atoms with Gasteiger partial charge >= 0.3 is 0 Å². The second-order valence-corrected chi connectivity index (χ2v) is 8.48. The number of benzene rings is 1. The largest absolute Gasteiger partial charge is 0.497 e. The lowest BCUT2D eigenvalue weighted by Gasteiger charge is -2.26. The van der Waals surface area contributed by atoms with Gasteiger partial charge in [-0.3, -0.25) is 14.6 Å². The van der Waals surface area contributed by atoms with Gasteiger partial charge in [-0.1, -0.05) is 0 Å². The van der Waals surface area contributed by atoms with Gasteiger partial charge in [0.15, 0.2) is 6.29 Å². The Labute approximate surface area is 194 Å². The molecule has 5 rings (SSSR count). The molecule has 1 amide bonds. The molecule has 1 aliphatic heterocycles. The number of likely N-dealkylation sites (tertiary alicyclic amines) is 1. The van der Waals surface area contributed by atoms with Gasteiger partial charge in [0, 0.05) is 65.8 Å². The zero-order valence-electron chi connectivity index (χ0n) is 18.0. The standard InChI is InChI=1S/C24H22ClN3O5/c1-32-15-3-4-17-12(5-15)7-18(27-17)23(30)28-11-14(9-25)21-16-6-13(24(31)33-2)10-26-22(16)20(29)8-19(21)28/h3-8,10,14,21,24,27,31H,9,11H2,1-2H3/t14-,21?,24?/m1/s1. The Kier molecular flexibility index (Phi) is 5.44. The number of halogens is 1. The number of amides is 1. The maximum atomic E-state index is 13.5. The lowest BCUT2D eigenvalue weighted by molar-refractivity contribution is -0.0772. The summed E-state index contributed by atoms with van der Waals surface area (Å²) in [7, 11) is 2.97. The number of pyridine rings is 1. The molecule has 0 radical (unpaired) electrons. The molecule has 2 unspecified atom stereocenters. The van der Waals surface area contributed by atoms with E-state index in [-0.39, 0.29) is 23.5 Å². The SMILES string of the molecule is COc1ccc2[nH]c(C(=O)N3C[C@@H](CCl)C4C3=CC(=O)c3ncc(C(O)OC)cc34)cc2c1. The summed E-state index contributed by atoms with van der Waals surface area (Å²) >= 11 is 6.31. The van der Waals surface area contributed by atoms with Crippen LogP contribution in [0.1, 0.15) is 44.3 Å². The van der Waals surface area contributed by atoms with Gasteiger partial charge in [-0.05, 0) is 35.9 Å². The number of hydrogen-bond donors (Lipinski definition) is 2. The Morgan fingerprint density at radius 1 is 1.33 bits per heavy atom. The van der Waals surface area contributed by atoms with E-state index in [0.717, 1.165) is 10.9 Å². The van der Waals surface area contributed by atoms with Crippen molar-refractivity contribution in [1.29, 1.82) is 0 Å². The second kappa shape index (κ2) is 8.30. The summed E-state index contributed by atoms with van der Waals surface area (Å²) < 4.78 is 10.3. The summed E-state index contributed by atoms with van der Waals surface area (Å²) in [4.78, 5) is 35.4. The summed E-state index contributed by atoms with van der Waals surface area (Å²) in [6, 6.07) is 9.02. The van der Waals surface area contributed by atoms with Crippen LogP contribution in [0.25, 0.3) is 10.9 Å². The van der Waals surface area contributed by atoms with Crippen molar-refractivity contribution in [2.75, 3.05) is 26.6 Å². The van der Waals surface area contributed by atoms with Crippen LogP contribution in [-0.2, 0) is 4.74 Å². The van der Waals surface area contributed by atoms with Crippen molar-refractivity contribution in [3.63, 3.8) is 0 Å². The normalized spacial score (nSPS) is 20.4. The number of ether oxygens (including phenoxy) is 2. The average molecular weight is 468 g/mol. The maximum Gasteiger partial charge on any atom is 0.274 e. The van der Waals surface area contributed by atoms with Crippen LogP contribution in [0.15, 0.2) is 48.3 Å². The van der Waals surface area contributed by atoms with Crippen molar-refractivity contribution in [1.82, 2.24) is 14.9 Å². The number of nitrogens with one attached hydrogen (secondary N) is 1. The Morgan fingerprint density at radius 2 is 2.15 bits per heavy atom. The first-order valence-corrected chi connectivity index (χ1v) is 11.0. The predicted molar refractivity (Wildman–Crippen MR) is 121 cm³/mol. The molecule has 0 bridgehead atoms. The van der Waals surface area contributed by atoms with Crippen molar-refractivity contribution in [3.05, 3.63) is 70.8 Å². The second-order valence-electron chi connectivity index (χ2n) is 8.17. The highest BCUT2D eigenvalue weighted by Gasteiger charge is 2.45. The number of aromatic nitrogens is 2. The van der Waals surface area contributed by atoms with Crippen LogP contribution in [0, 0.1) is 5.92 Å². The number of nitrogens with zero attached hydrogens (tertiary/aromatic N) is 2. The van der Waals surface area contributed by atoms with Crippen molar-refractivity contribution >= 4 is 34.2 Å². The van der Waals surface area contributed by atoms with E-state index < -0.39 is 6.29 Å². The number of methoxy groups -OCH3 is 2. The maximum absolute atomic E-state index is 13.5. The van der Waals surface area contributed by atoms with Crippen LogP contribution in [0.3, 0.4) is 0 Å². The fraction of sp³-hybridized carbons (Fsp3) is 0.292. The van der Waals surface area contributed by atoms with Crippen LogP contribution < -0.4 is 4.74 Å². The molecule has 2 N–H and O–H groups in total. The Hall–Kier alpha value is -3.20. The summed E-state index contributed by atoms with van der Waals surface area (Å²) in [6.45, 7) is 0.362. The number of carbonyl (C=O) groups excluding carboxylic acids is 2. The molecule has 2 aromatic heterocycles. The molecular weight excluding hydrogens is 446 g/mol. The summed E-state index contributed by atoms with van der Waals surface area (Å²) in [5.41, 5.74) is 3.20. The highest BCUT2D eigenvalue weighted by atomic mass is 35.5. The van der Waals surface area contributed by atoms with E-state index in [4.69, 9.17) is 21.1 Å². The molecular formula is C24H22ClN3O5. The van der Waals surface area contributed by atoms with Gasteiger partial charge in [0.2, 0.25) is 5.78 Å². The van der Waals surface area contributed by atoms with E-state index >= 15 is 0 Å². The summed E-state index contributed by atoms with van der Waals surface area (Å²) in [5, 5.41) is 10.9. The Morgan fingerprint density at radius 3 is 2.88 bits per heavy atom. The van der Waals surface area contributed by atoms with Gasteiger partial charge in [-0.25, -0.2) is 0 Å². The lowest BCUT2D eigenvalue weighted by Crippen LogP contribution is -2.29. The number of fused-ring (bicyclic) bond motifs is 4. The molecule has 8 nitrogen and oxygen atoms in total. The van der Waals surface area contributed by atoms with Crippen molar-refractivity contribution in [2.24, 2.45) is 5.92 Å². The van der Waals surface area contributed by atoms with E-state index in [1.165, 1.54) is 19.4 Å². The monoisotopic (exact) mass is 467 g/mol. The van der Waals surface area contributed by atoms with Crippen LogP contribution in [0.5, 0.6) is 5.75 Å². The fourth-order valence-corrected chi connectivity index (χ4v) is 4.96. The topological polar surface area (TPSA) is 105 Å². The van der Waals surface area contributed by atoms with E-state index in [1.54, 1.807) is 24.1 Å². The van der Waals surface area contributed by atoms with Crippen molar-refractivity contribution < 1.29 is 24.2 Å². The van der Waals surface area contributed by atoms with Crippen molar-refractivity contribution in [3.8, 4) is 5.75 Å². The number of allylic oxidation sites excluding steroid dienone is 2. The zero-order valence-corrected chi connectivity index (χ0v) is 18.8. The zero-order chi connectivity index (χ0) is 23.3. The third-order valence-electron chi connectivity index (χ3n) is 6.31. The molecule has 170 valence electrons. The molecule has 3 aromatic rings. The van der Waals surface area contributed by atoms with Crippen LogP contribution in [0.2, 0.25) is 0 Å². The first-order valence-electron chi connectivity index (χ1n) is 10.5. The summed E-state index contributed by atoms with van der Waals surface area (Å²) in [6.07, 6.45) is 1.74. The Bertz CT molecular complexity index is 1300. The molecule has 1 fully saturated rings. The number of aliphatic hydroxyl groups is 1. The molecule has 0 saturated carbocycles. The molecule has 1 aromatic carbocycles. The number of H-pyrrole nitrogens is 1. The molecule has 3 atom stereocenters. The van der Waals surface area contributed by atoms with Gasteiger partial charge < -0.3 is 24.5 Å². The number of carbonyl (C=O) groups is 2. The van der Waals surface area contributed by atoms with Crippen LogP contribution >= 0.6 is 11.6 Å². The van der Waals surface area contributed by atoms with Crippen LogP contribution in [0.4, 0.5) is 0 Å². The molecule has 1 saturated heterocycles. The van der Waals surface area contributed by atoms with Crippen LogP contribution in [-0.4, -0.2) is 58.3 Å². The number of alkyl halides is 1. The number of ketones is 1. The minimum Gasteiger partial charge on any atom is -0.497 e. The first kappa shape index (κ1) is 21.6. The highest BCUT2D eigenvalue weighted by Crippen LogP contribution is 2.46. The minimum absolute atomic E-state index is 0.116. The smallest absolute Gasteiger partial charge is 0.274 e. The Balaban J connectivity index is 1.54. The third-order valence-corrected chi connectivity index (χ3v) is 6.71. The van der Waals surface area contributed by atoms with Gasteiger partial charge in [-0.2, -0.15) is 0 Å². The average Bonchev–Trinajstić information content (AvgIpc) is 3.43.